The lowest BCUT2D eigenvalue weighted by molar-refractivity contribution is -0.237. The Morgan fingerprint density at radius 1 is 0.526 bits per heavy atom. The van der Waals surface area contributed by atoms with Crippen LogP contribution in [0.5, 0.6) is 0 Å². The molecule has 0 N–H and O–H groups in total. The molecule has 2 aromatic carbocycles. The molecule has 2 heterocycles. The van der Waals surface area contributed by atoms with Crippen molar-refractivity contribution in [3.05, 3.63) is 83.0 Å². The molecule has 0 fully saturated rings. The second-order valence-corrected chi connectivity index (χ2v) is 11.9. The highest BCUT2D eigenvalue weighted by Crippen LogP contribution is 2.39. The summed E-state index contributed by atoms with van der Waals surface area (Å²) in [4.78, 5) is 0. The Bertz CT molecular complexity index is 1320. The molecule has 0 aliphatic carbocycles. The van der Waals surface area contributed by atoms with Crippen LogP contribution >= 0.6 is 0 Å². The second kappa shape index (κ2) is 9.66. The summed E-state index contributed by atoms with van der Waals surface area (Å²) in [5.74, 6) is 12.7. The summed E-state index contributed by atoms with van der Waals surface area (Å²) in [5.41, 5.74) is 2.34. The summed E-state index contributed by atoms with van der Waals surface area (Å²) in [5, 5.41) is 35.9. The smallest absolute Gasteiger partial charge is 0.0857 e. The van der Waals surface area contributed by atoms with Gasteiger partial charge >= 0.3 is 0 Å². The van der Waals surface area contributed by atoms with E-state index in [2.05, 4.69) is 33.9 Å². The van der Waals surface area contributed by atoms with E-state index in [4.69, 9.17) is 0 Å². The van der Waals surface area contributed by atoms with E-state index in [9.17, 15) is 10.4 Å². The van der Waals surface area contributed by atoms with Crippen molar-refractivity contribution in [3.63, 3.8) is 0 Å². The van der Waals surface area contributed by atoms with Gasteiger partial charge in [-0.3, -0.25) is 0 Å². The Hall–Kier alpha value is -3.52. The summed E-state index contributed by atoms with van der Waals surface area (Å²) >= 11 is 0. The fourth-order valence-corrected chi connectivity index (χ4v) is 4.83. The molecule has 0 bridgehead atoms. The molecular formula is C32H34N4O2. The van der Waals surface area contributed by atoms with Gasteiger partial charge < -0.3 is 0 Å². The second-order valence-electron chi connectivity index (χ2n) is 11.9. The number of hydrogen-bond acceptors (Lipinski definition) is 4. The molecular weight excluding hydrogens is 472 g/mol. The fourth-order valence-electron chi connectivity index (χ4n) is 4.83. The van der Waals surface area contributed by atoms with E-state index in [1.165, 1.54) is 0 Å². The highest BCUT2D eigenvalue weighted by atomic mass is 16.5. The van der Waals surface area contributed by atoms with Crippen LogP contribution in [0.25, 0.3) is 0 Å². The van der Waals surface area contributed by atoms with Gasteiger partial charge in [0, 0.05) is 22.3 Å². The van der Waals surface area contributed by atoms with E-state index >= 15 is 0 Å². The van der Waals surface area contributed by atoms with Gasteiger partial charge in [-0.15, -0.1) is 20.5 Å². The van der Waals surface area contributed by atoms with E-state index in [-0.39, 0.29) is 0 Å². The lowest BCUT2D eigenvalue weighted by Gasteiger charge is -2.32. The first kappa shape index (κ1) is 27.5. The van der Waals surface area contributed by atoms with Crippen LogP contribution in [0.15, 0.2) is 82.1 Å². The largest absolute Gasteiger partial charge is 0.151 e. The quantitative estimate of drug-likeness (QED) is 0.322. The minimum atomic E-state index is -0.648. The Morgan fingerprint density at radius 2 is 0.842 bits per heavy atom. The predicted octanol–water partition coefficient (Wildman–Crippen LogP) is 7.09. The van der Waals surface area contributed by atoms with E-state index in [1.807, 2.05) is 116 Å². The summed E-state index contributed by atoms with van der Waals surface area (Å²) in [6, 6.07) is 15.0. The van der Waals surface area contributed by atoms with Gasteiger partial charge in [-0.05, 0) is 116 Å². The minimum absolute atomic E-state index is 0.566. The Labute approximate surface area is 226 Å². The fraction of sp³-hybridized carbons (Fsp3) is 0.375. The molecule has 2 aliphatic rings. The Morgan fingerprint density at radius 3 is 1.11 bits per heavy atom. The molecule has 2 aliphatic heterocycles. The minimum Gasteiger partial charge on any atom is -0.151 e. The number of nitrogens with zero attached hydrogens (tertiary/aromatic N) is 4. The van der Waals surface area contributed by atoms with Gasteiger partial charge in [-0.25, -0.2) is 0 Å². The van der Waals surface area contributed by atoms with Crippen LogP contribution in [0.2, 0.25) is 0 Å². The van der Waals surface area contributed by atoms with Gasteiger partial charge in [0.25, 0.3) is 0 Å². The van der Waals surface area contributed by atoms with Crippen LogP contribution in [0.1, 0.15) is 66.5 Å². The molecule has 2 aromatic rings. The van der Waals surface area contributed by atoms with Crippen molar-refractivity contribution in [3.8, 4) is 23.7 Å². The van der Waals surface area contributed by atoms with Crippen molar-refractivity contribution in [1.82, 2.24) is 10.1 Å². The average molecular weight is 507 g/mol. The number of hydrogen-bond donors (Lipinski definition) is 0. The summed E-state index contributed by atoms with van der Waals surface area (Å²) in [6.07, 6.45) is 3.89. The van der Waals surface area contributed by atoms with Crippen molar-refractivity contribution < 1.29 is 10.4 Å². The molecule has 0 spiro atoms. The van der Waals surface area contributed by atoms with E-state index in [0.717, 1.165) is 32.4 Å². The van der Waals surface area contributed by atoms with Crippen molar-refractivity contribution in [2.24, 2.45) is 10.2 Å². The molecule has 38 heavy (non-hydrogen) atoms. The Kier molecular flexibility index (Phi) is 6.99. The number of benzene rings is 2. The van der Waals surface area contributed by atoms with Crippen LogP contribution < -0.4 is 0 Å². The lowest BCUT2D eigenvalue weighted by atomic mass is 9.97. The predicted molar refractivity (Wildman–Crippen MR) is 148 cm³/mol. The highest BCUT2D eigenvalue weighted by molar-refractivity contribution is 5.52. The number of hydroxylamine groups is 4. The van der Waals surface area contributed by atoms with Crippen LogP contribution in [0.4, 0.5) is 11.4 Å². The average Bonchev–Trinajstić information content (AvgIpc) is 3.13. The molecule has 0 unspecified atom stereocenters. The van der Waals surface area contributed by atoms with Crippen LogP contribution in [-0.4, -0.2) is 32.3 Å². The normalized spacial score (nSPS) is 21.3. The molecule has 6 nitrogen and oxygen atoms in total. The van der Waals surface area contributed by atoms with Gasteiger partial charge in [-0.1, -0.05) is 23.7 Å². The molecule has 6 heteroatoms. The van der Waals surface area contributed by atoms with Crippen LogP contribution in [0.3, 0.4) is 0 Å². The third-order valence-electron chi connectivity index (χ3n) is 7.07. The third-order valence-corrected chi connectivity index (χ3v) is 7.07. The molecule has 0 atom stereocenters. The van der Waals surface area contributed by atoms with E-state index < -0.39 is 22.2 Å². The van der Waals surface area contributed by atoms with Crippen molar-refractivity contribution in [1.29, 1.82) is 0 Å². The SMILES string of the molecule is CC1(C)C=C(C#Cc2ccc(N=Nc3ccc(C#CC4=CC(C)(C)N([O])C4(C)C)cc3)cc2)C(C)(C)N1[O]. The third kappa shape index (κ3) is 5.36. The zero-order chi connectivity index (χ0) is 27.9. The molecule has 0 amide bonds. The maximum atomic E-state index is 12.5. The van der Waals surface area contributed by atoms with Gasteiger partial charge in [0.05, 0.1) is 33.5 Å². The summed E-state index contributed by atoms with van der Waals surface area (Å²) in [7, 11) is 0. The monoisotopic (exact) mass is 506 g/mol. The van der Waals surface area contributed by atoms with E-state index in [1.54, 1.807) is 0 Å². The van der Waals surface area contributed by atoms with Gasteiger partial charge in [0.1, 0.15) is 0 Å². The summed E-state index contributed by atoms with van der Waals surface area (Å²) < 4.78 is 0. The van der Waals surface area contributed by atoms with Crippen molar-refractivity contribution >= 4 is 11.4 Å². The number of azo groups is 1. The first-order chi connectivity index (χ1) is 17.6. The molecule has 4 rings (SSSR count). The maximum Gasteiger partial charge on any atom is 0.0857 e. The first-order valence-electron chi connectivity index (χ1n) is 12.7. The molecule has 194 valence electrons. The maximum absolute atomic E-state index is 12.5. The molecule has 0 aromatic heterocycles. The van der Waals surface area contributed by atoms with E-state index in [0.29, 0.717) is 11.4 Å². The van der Waals surface area contributed by atoms with Gasteiger partial charge in [0.2, 0.25) is 0 Å². The Balaban J connectivity index is 1.41. The van der Waals surface area contributed by atoms with Gasteiger partial charge in [0.15, 0.2) is 0 Å². The van der Waals surface area contributed by atoms with Crippen LogP contribution in [-0.2, 0) is 10.4 Å². The molecule has 0 saturated heterocycles. The van der Waals surface area contributed by atoms with Crippen LogP contribution in [0, 0.1) is 23.7 Å². The zero-order valence-electron chi connectivity index (χ0n) is 23.4. The van der Waals surface area contributed by atoms with Crippen molar-refractivity contribution in [2.75, 3.05) is 0 Å². The highest BCUT2D eigenvalue weighted by Gasteiger charge is 2.46. The van der Waals surface area contributed by atoms with Crippen molar-refractivity contribution in [2.45, 2.75) is 77.5 Å². The topological polar surface area (TPSA) is 71.0 Å². The van der Waals surface area contributed by atoms with Gasteiger partial charge in [-0.2, -0.15) is 10.2 Å². The molecule has 2 radical (unpaired) electrons. The summed E-state index contributed by atoms with van der Waals surface area (Å²) in [6.45, 7) is 15.2. The lowest BCUT2D eigenvalue weighted by Crippen LogP contribution is -2.46. The first-order valence-corrected chi connectivity index (χ1v) is 12.7. The standard InChI is InChI=1S/C32H34N4O2/c1-29(2)21-25(31(5,6)35(29)37)15-9-23-11-17-27(18-12-23)33-34-28-19-13-24(14-20-28)10-16-26-22-30(3,4)36(38)32(26,7)8/h11-14,17-22H,1-8H3. The number of rotatable bonds is 2. The molecule has 0 saturated carbocycles. The zero-order valence-corrected chi connectivity index (χ0v) is 23.4.